The van der Waals surface area contributed by atoms with E-state index in [0.717, 1.165) is 17.8 Å². The molecule has 0 radical (unpaired) electrons. The lowest BCUT2D eigenvalue weighted by Gasteiger charge is -2.14. The molecular formula is C16H15ClN2O2. The van der Waals surface area contributed by atoms with E-state index >= 15 is 0 Å². The molecule has 0 saturated heterocycles. The number of fused-ring (bicyclic) bond motifs is 1. The Bertz CT molecular complexity index is 673. The summed E-state index contributed by atoms with van der Waals surface area (Å²) >= 11 is 6.00. The van der Waals surface area contributed by atoms with Gasteiger partial charge >= 0.3 is 5.97 Å². The first-order chi connectivity index (χ1) is 10.2. The van der Waals surface area contributed by atoms with Crippen molar-refractivity contribution in [3.63, 3.8) is 0 Å². The fraction of sp³-hybridized carbons (Fsp3) is 0.250. The van der Waals surface area contributed by atoms with E-state index in [1.165, 1.54) is 12.7 Å². The topological polar surface area (TPSA) is 42.4 Å². The molecule has 0 aliphatic carbocycles. The molecule has 0 amide bonds. The first-order valence-corrected chi connectivity index (χ1v) is 7.08. The van der Waals surface area contributed by atoms with E-state index < -0.39 is 0 Å². The Morgan fingerprint density at radius 1 is 1.33 bits per heavy atom. The summed E-state index contributed by atoms with van der Waals surface area (Å²) in [4.78, 5) is 18.4. The van der Waals surface area contributed by atoms with Crippen LogP contribution in [0.3, 0.4) is 0 Å². The Balaban J connectivity index is 1.85. The van der Waals surface area contributed by atoms with Crippen LogP contribution in [0, 0.1) is 0 Å². The van der Waals surface area contributed by atoms with Gasteiger partial charge in [0.2, 0.25) is 0 Å². The van der Waals surface area contributed by atoms with Crippen molar-refractivity contribution in [2.75, 3.05) is 7.11 Å². The normalized spacial score (nSPS) is 14.0. The van der Waals surface area contributed by atoms with Crippen LogP contribution in [0.1, 0.15) is 27.2 Å². The molecule has 0 spiro atoms. The van der Waals surface area contributed by atoms with Crippen molar-refractivity contribution in [2.45, 2.75) is 19.6 Å². The third-order valence-electron chi connectivity index (χ3n) is 3.59. The average molecular weight is 303 g/mol. The maximum atomic E-state index is 11.9. The predicted molar refractivity (Wildman–Crippen MR) is 80.0 cm³/mol. The Hall–Kier alpha value is -1.91. The monoisotopic (exact) mass is 302 g/mol. The standard InChI is InChI=1S/C16H15ClN2O2/c1-21-16(20)12-7-15(17)18-14-10-19(9-13(12)14)8-11-5-3-2-4-6-11/h2-7H,8-10H2,1H3. The van der Waals surface area contributed by atoms with Crippen LogP contribution in [0.15, 0.2) is 36.4 Å². The Morgan fingerprint density at radius 2 is 2.10 bits per heavy atom. The van der Waals surface area contributed by atoms with Gasteiger partial charge in [0.1, 0.15) is 5.15 Å². The summed E-state index contributed by atoms with van der Waals surface area (Å²) in [5.74, 6) is -0.364. The molecule has 0 bridgehead atoms. The number of carbonyl (C=O) groups is 1. The van der Waals surface area contributed by atoms with Gasteiger partial charge in [-0.15, -0.1) is 0 Å². The number of pyridine rings is 1. The minimum absolute atomic E-state index is 0.329. The van der Waals surface area contributed by atoms with Crippen LogP contribution in [-0.4, -0.2) is 23.0 Å². The molecule has 1 aromatic carbocycles. The van der Waals surface area contributed by atoms with Crippen LogP contribution < -0.4 is 0 Å². The number of aromatic nitrogens is 1. The zero-order valence-electron chi connectivity index (χ0n) is 11.7. The number of nitrogens with zero attached hydrogens (tertiary/aromatic N) is 2. The van der Waals surface area contributed by atoms with Crippen LogP contribution in [0.5, 0.6) is 0 Å². The van der Waals surface area contributed by atoms with Gasteiger partial charge in [-0.05, 0) is 11.6 Å². The molecule has 0 fully saturated rings. The number of methoxy groups -OCH3 is 1. The van der Waals surface area contributed by atoms with Crippen molar-refractivity contribution < 1.29 is 9.53 Å². The Kier molecular flexibility index (Phi) is 3.90. The van der Waals surface area contributed by atoms with Crippen LogP contribution in [0.25, 0.3) is 0 Å². The fourth-order valence-electron chi connectivity index (χ4n) is 2.63. The lowest BCUT2D eigenvalue weighted by Crippen LogP contribution is -2.16. The number of benzene rings is 1. The number of hydrogen-bond acceptors (Lipinski definition) is 4. The number of halogens is 1. The fourth-order valence-corrected chi connectivity index (χ4v) is 2.85. The van der Waals surface area contributed by atoms with E-state index in [9.17, 15) is 4.79 Å². The van der Waals surface area contributed by atoms with Crippen LogP contribution >= 0.6 is 11.6 Å². The van der Waals surface area contributed by atoms with E-state index in [-0.39, 0.29) is 5.97 Å². The second-order valence-corrected chi connectivity index (χ2v) is 5.43. The molecule has 3 rings (SSSR count). The Morgan fingerprint density at radius 3 is 2.81 bits per heavy atom. The maximum Gasteiger partial charge on any atom is 0.338 e. The second kappa shape index (κ2) is 5.84. The van der Waals surface area contributed by atoms with E-state index in [1.807, 2.05) is 18.2 Å². The van der Waals surface area contributed by atoms with Gasteiger partial charge in [0.15, 0.2) is 0 Å². The molecule has 0 atom stereocenters. The quantitative estimate of drug-likeness (QED) is 0.645. The smallest absolute Gasteiger partial charge is 0.338 e. The molecule has 21 heavy (non-hydrogen) atoms. The maximum absolute atomic E-state index is 11.9. The van der Waals surface area contributed by atoms with Gasteiger partial charge in [-0.3, -0.25) is 4.90 Å². The van der Waals surface area contributed by atoms with Crippen molar-refractivity contribution in [1.29, 1.82) is 0 Å². The van der Waals surface area contributed by atoms with Gasteiger partial charge in [0, 0.05) is 25.2 Å². The Labute approximate surface area is 128 Å². The van der Waals surface area contributed by atoms with Crippen LogP contribution in [0.4, 0.5) is 0 Å². The summed E-state index contributed by atoms with van der Waals surface area (Å²) in [5.41, 5.74) is 3.53. The highest BCUT2D eigenvalue weighted by Crippen LogP contribution is 2.28. The minimum Gasteiger partial charge on any atom is -0.465 e. The molecule has 108 valence electrons. The molecule has 0 unspecified atom stereocenters. The molecule has 4 nitrogen and oxygen atoms in total. The molecule has 5 heteroatoms. The molecule has 2 heterocycles. The molecule has 1 aromatic heterocycles. The summed E-state index contributed by atoms with van der Waals surface area (Å²) in [6, 6.07) is 11.8. The number of carbonyl (C=O) groups excluding carboxylic acids is 1. The number of rotatable bonds is 3. The second-order valence-electron chi connectivity index (χ2n) is 5.04. The van der Waals surface area contributed by atoms with E-state index in [4.69, 9.17) is 16.3 Å². The van der Waals surface area contributed by atoms with Crippen LogP contribution in [0.2, 0.25) is 5.15 Å². The highest BCUT2D eigenvalue weighted by atomic mass is 35.5. The number of hydrogen-bond donors (Lipinski definition) is 0. The van der Waals surface area contributed by atoms with Crippen molar-refractivity contribution in [1.82, 2.24) is 9.88 Å². The summed E-state index contributed by atoms with van der Waals surface area (Å²) in [5, 5.41) is 0.329. The first kappa shape index (κ1) is 14.0. The van der Waals surface area contributed by atoms with Gasteiger partial charge < -0.3 is 4.74 Å². The van der Waals surface area contributed by atoms with Gasteiger partial charge in [0.25, 0.3) is 0 Å². The summed E-state index contributed by atoms with van der Waals surface area (Å²) in [6.45, 7) is 2.18. The SMILES string of the molecule is COC(=O)c1cc(Cl)nc2c1CN(Cc1ccccc1)C2. The molecular weight excluding hydrogens is 288 g/mol. The summed E-state index contributed by atoms with van der Waals surface area (Å²) < 4.78 is 4.83. The molecule has 1 aliphatic rings. The first-order valence-electron chi connectivity index (χ1n) is 6.70. The van der Waals surface area contributed by atoms with E-state index in [0.29, 0.717) is 23.8 Å². The highest BCUT2D eigenvalue weighted by Gasteiger charge is 2.26. The highest BCUT2D eigenvalue weighted by molar-refractivity contribution is 6.29. The number of ether oxygens (including phenoxy) is 1. The largest absolute Gasteiger partial charge is 0.465 e. The van der Waals surface area contributed by atoms with Gasteiger partial charge in [-0.2, -0.15) is 0 Å². The molecule has 2 aromatic rings. The van der Waals surface area contributed by atoms with Gasteiger partial charge in [0.05, 0.1) is 18.4 Å². The zero-order chi connectivity index (χ0) is 14.8. The van der Waals surface area contributed by atoms with Gasteiger partial charge in [-0.1, -0.05) is 41.9 Å². The predicted octanol–water partition coefficient (Wildman–Crippen LogP) is 3.04. The third-order valence-corrected chi connectivity index (χ3v) is 3.78. The van der Waals surface area contributed by atoms with E-state index in [2.05, 4.69) is 22.0 Å². The van der Waals surface area contributed by atoms with Crippen LogP contribution in [-0.2, 0) is 24.4 Å². The minimum atomic E-state index is -0.364. The summed E-state index contributed by atoms with van der Waals surface area (Å²) in [7, 11) is 1.37. The molecule has 1 aliphatic heterocycles. The lowest BCUT2D eigenvalue weighted by atomic mass is 10.1. The van der Waals surface area contributed by atoms with E-state index in [1.54, 1.807) is 6.07 Å². The van der Waals surface area contributed by atoms with Gasteiger partial charge in [-0.25, -0.2) is 9.78 Å². The lowest BCUT2D eigenvalue weighted by molar-refractivity contribution is 0.0599. The third kappa shape index (κ3) is 2.91. The average Bonchev–Trinajstić information content (AvgIpc) is 2.88. The molecule has 0 saturated carbocycles. The van der Waals surface area contributed by atoms with Crippen molar-refractivity contribution >= 4 is 17.6 Å². The van der Waals surface area contributed by atoms with Crippen molar-refractivity contribution in [3.05, 3.63) is 63.9 Å². The zero-order valence-corrected chi connectivity index (χ0v) is 12.4. The van der Waals surface area contributed by atoms with Crippen molar-refractivity contribution in [2.24, 2.45) is 0 Å². The van der Waals surface area contributed by atoms with Crippen molar-refractivity contribution in [3.8, 4) is 0 Å². The molecule has 0 N–H and O–H groups in total. The summed E-state index contributed by atoms with van der Waals surface area (Å²) in [6.07, 6.45) is 0. The number of esters is 1.